The van der Waals surface area contributed by atoms with Gasteiger partial charge in [-0.05, 0) is 24.6 Å². The zero-order valence-electron chi connectivity index (χ0n) is 13.9. The molecule has 0 saturated carbocycles. The Morgan fingerprint density at radius 3 is 2.48 bits per heavy atom. The minimum absolute atomic E-state index is 0.225. The lowest BCUT2D eigenvalue weighted by molar-refractivity contribution is 0.252. The maximum atomic E-state index is 11.9. The van der Waals surface area contributed by atoms with Crippen LogP contribution in [0.3, 0.4) is 0 Å². The Balaban J connectivity index is 2.12. The van der Waals surface area contributed by atoms with Crippen LogP contribution in [-0.4, -0.2) is 26.5 Å². The first-order valence-corrected chi connectivity index (χ1v) is 7.99. The fourth-order valence-electron chi connectivity index (χ4n) is 2.12. The highest BCUT2D eigenvalue weighted by Crippen LogP contribution is 2.41. The van der Waals surface area contributed by atoms with Crippen molar-refractivity contribution >= 4 is 41.1 Å². The fourth-order valence-corrected chi connectivity index (χ4v) is 2.82. The van der Waals surface area contributed by atoms with Gasteiger partial charge in [0.2, 0.25) is 0 Å². The normalized spacial score (nSPS) is 10.6. The van der Waals surface area contributed by atoms with Crippen molar-refractivity contribution in [3.63, 3.8) is 0 Å². The number of halogens is 2. The van der Waals surface area contributed by atoms with Crippen molar-refractivity contribution in [2.24, 2.45) is 5.10 Å². The van der Waals surface area contributed by atoms with Crippen molar-refractivity contribution in [3.05, 3.63) is 51.5 Å². The van der Waals surface area contributed by atoms with Crippen molar-refractivity contribution in [3.8, 4) is 11.5 Å². The van der Waals surface area contributed by atoms with E-state index < -0.39 is 6.03 Å². The number of rotatable bonds is 5. The number of urea groups is 1. The van der Waals surface area contributed by atoms with Crippen molar-refractivity contribution in [2.45, 2.75) is 6.92 Å². The molecular weight excluding hydrogens is 365 g/mol. The number of para-hydroxylation sites is 1. The Bertz CT molecular complexity index is 810. The van der Waals surface area contributed by atoms with Crippen LogP contribution in [0.25, 0.3) is 0 Å². The van der Waals surface area contributed by atoms with E-state index in [0.29, 0.717) is 27.8 Å². The molecule has 0 aliphatic rings. The summed E-state index contributed by atoms with van der Waals surface area (Å²) in [5.74, 6) is 0.648. The largest absolute Gasteiger partial charge is 0.494 e. The topological polar surface area (TPSA) is 72.0 Å². The molecule has 6 nitrogen and oxygen atoms in total. The molecule has 2 aromatic rings. The Labute approximate surface area is 155 Å². The highest BCUT2D eigenvalue weighted by atomic mass is 35.5. The van der Waals surface area contributed by atoms with Crippen LogP contribution in [0.15, 0.2) is 35.4 Å². The van der Waals surface area contributed by atoms with Gasteiger partial charge in [0.1, 0.15) is 10.8 Å². The summed E-state index contributed by atoms with van der Waals surface area (Å²) in [7, 11) is 2.92. The molecule has 0 heterocycles. The van der Waals surface area contributed by atoms with Gasteiger partial charge in [0.25, 0.3) is 0 Å². The third kappa shape index (κ3) is 4.55. The zero-order chi connectivity index (χ0) is 18.4. The number of aryl methyl sites for hydroxylation is 1. The molecule has 0 bridgehead atoms. The van der Waals surface area contributed by atoms with Crippen LogP contribution in [0.2, 0.25) is 10.0 Å². The first-order valence-electron chi connectivity index (χ1n) is 7.23. The van der Waals surface area contributed by atoms with E-state index in [4.69, 9.17) is 32.7 Å². The average molecular weight is 382 g/mol. The number of carbonyl (C=O) groups excluding carboxylic acids is 1. The Morgan fingerprint density at radius 2 is 1.84 bits per heavy atom. The van der Waals surface area contributed by atoms with Crippen LogP contribution < -0.4 is 20.2 Å². The predicted octanol–water partition coefficient (Wildman–Crippen LogP) is 4.47. The summed E-state index contributed by atoms with van der Waals surface area (Å²) < 4.78 is 10.4. The molecule has 25 heavy (non-hydrogen) atoms. The van der Waals surface area contributed by atoms with Gasteiger partial charge in [0, 0.05) is 11.3 Å². The van der Waals surface area contributed by atoms with Crippen molar-refractivity contribution < 1.29 is 14.3 Å². The SMILES string of the molecule is COc1c(Cl)cc(/C=N\NC(=O)Nc2ccccc2C)c(OC)c1Cl. The van der Waals surface area contributed by atoms with E-state index in [1.54, 1.807) is 12.1 Å². The molecule has 8 heteroatoms. The Hall–Kier alpha value is -2.44. The number of carbonyl (C=O) groups is 1. The molecule has 2 rings (SSSR count). The van der Waals surface area contributed by atoms with Crippen LogP contribution in [0, 0.1) is 6.92 Å². The van der Waals surface area contributed by atoms with Crippen molar-refractivity contribution in [1.82, 2.24) is 5.43 Å². The molecule has 0 aromatic heterocycles. The van der Waals surface area contributed by atoms with Gasteiger partial charge in [0.15, 0.2) is 5.75 Å². The predicted molar refractivity (Wildman–Crippen MR) is 100 cm³/mol. The molecule has 0 spiro atoms. The van der Waals surface area contributed by atoms with Crippen molar-refractivity contribution in [1.29, 1.82) is 0 Å². The minimum atomic E-state index is -0.477. The van der Waals surface area contributed by atoms with E-state index in [0.717, 1.165) is 5.56 Å². The second kappa shape index (κ2) is 8.60. The van der Waals surface area contributed by atoms with Crippen molar-refractivity contribution in [2.75, 3.05) is 19.5 Å². The smallest absolute Gasteiger partial charge is 0.339 e. The average Bonchev–Trinajstić information content (AvgIpc) is 2.57. The first-order chi connectivity index (χ1) is 12.0. The van der Waals surface area contributed by atoms with E-state index in [1.165, 1.54) is 20.4 Å². The van der Waals surface area contributed by atoms with Crippen LogP contribution in [0.1, 0.15) is 11.1 Å². The lowest BCUT2D eigenvalue weighted by Gasteiger charge is -2.12. The third-order valence-corrected chi connectivity index (χ3v) is 3.96. The number of methoxy groups -OCH3 is 2. The standard InChI is InChI=1S/C17H17Cl2N3O3/c1-10-6-4-5-7-13(10)21-17(23)22-20-9-11-8-12(18)16(25-3)14(19)15(11)24-2/h4-9H,1-3H3,(H2,21,22,23)/b20-9-. The molecule has 0 saturated heterocycles. The van der Waals surface area contributed by atoms with E-state index in [9.17, 15) is 4.79 Å². The zero-order valence-corrected chi connectivity index (χ0v) is 15.4. The van der Waals surface area contributed by atoms with Gasteiger partial charge < -0.3 is 14.8 Å². The summed E-state index contributed by atoms with van der Waals surface area (Å²) in [4.78, 5) is 11.9. The molecule has 0 atom stereocenters. The van der Waals surface area contributed by atoms with Gasteiger partial charge in [-0.15, -0.1) is 0 Å². The number of nitrogens with one attached hydrogen (secondary N) is 2. The number of nitrogens with zero attached hydrogens (tertiary/aromatic N) is 1. The fraction of sp³-hybridized carbons (Fsp3) is 0.176. The molecule has 0 aliphatic heterocycles. The molecule has 0 radical (unpaired) electrons. The lowest BCUT2D eigenvalue weighted by Crippen LogP contribution is -2.24. The number of hydrogen-bond acceptors (Lipinski definition) is 4. The van der Waals surface area contributed by atoms with E-state index in [2.05, 4.69) is 15.8 Å². The number of benzene rings is 2. The van der Waals surface area contributed by atoms with Gasteiger partial charge in [-0.25, -0.2) is 10.2 Å². The maximum Gasteiger partial charge on any atom is 0.339 e. The van der Waals surface area contributed by atoms with Gasteiger partial charge >= 0.3 is 6.03 Å². The third-order valence-electron chi connectivity index (χ3n) is 3.33. The first kappa shape index (κ1) is 18.9. The monoisotopic (exact) mass is 381 g/mol. The summed E-state index contributed by atoms with van der Waals surface area (Å²) in [6, 6.07) is 8.51. The van der Waals surface area contributed by atoms with E-state index in [1.807, 2.05) is 25.1 Å². The number of ether oxygens (including phenoxy) is 2. The summed E-state index contributed by atoms with van der Waals surface area (Å²) in [6.45, 7) is 1.89. The second-order valence-corrected chi connectivity index (χ2v) is 5.75. The van der Waals surface area contributed by atoms with E-state index in [-0.39, 0.29) is 5.02 Å². The quantitative estimate of drug-likeness (QED) is 0.592. The Kier molecular flexibility index (Phi) is 6.50. The molecule has 2 amide bonds. The molecule has 0 aliphatic carbocycles. The lowest BCUT2D eigenvalue weighted by atomic mass is 10.2. The molecule has 2 N–H and O–H groups in total. The van der Waals surface area contributed by atoms with Gasteiger partial charge in [-0.1, -0.05) is 41.4 Å². The van der Waals surface area contributed by atoms with Gasteiger partial charge in [-0.3, -0.25) is 0 Å². The molecule has 2 aromatic carbocycles. The minimum Gasteiger partial charge on any atom is -0.494 e. The van der Waals surface area contributed by atoms with Crippen LogP contribution in [0.4, 0.5) is 10.5 Å². The van der Waals surface area contributed by atoms with Crippen LogP contribution >= 0.6 is 23.2 Å². The second-order valence-electron chi connectivity index (χ2n) is 4.97. The number of hydrazone groups is 1. The summed E-state index contributed by atoms with van der Waals surface area (Å²) in [5.41, 5.74) is 4.51. The molecular formula is C17H17Cl2N3O3. The number of hydrogen-bond donors (Lipinski definition) is 2. The highest BCUT2D eigenvalue weighted by Gasteiger charge is 2.16. The summed E-state index contributed by atoms with van der Waals surface area (Å²) in [5, 5.41) is 7.12. The highest BCUT2D eigenvalue weighted by molar-refractivity contribution is 6.38. The van der Waals surface area contributed by atoms with Crippen LogP contribution in [0.5, 0.6) is 11.5 Å². The molecule has 0 fully saturated rings. The van der Waals surface area contributed by atoms with Gasteiger partial charge in [0.05, 0.1) is 25.5 Å². The van der Waals surface area contributed by atoms with E-state index >= 15 is 0 Å². The number of amides is 2. The summed E-state index contributed by atoms with van der Waals surface area (Å²) >= 11 is 12.3. The number of anilines is 1. The molecule has 0 unspecified atom stereocenters. The molecule has 132 valence electrons. The van der Waals surface area contributed by atoms with Crippen LogP contribution in [-0.2, 0) is 0 Å². The Morgan fingerprint density at radius 1 is 1.16 bits per heavy atom. The maximum absolute atomic E-state index is 11.9. The van der Waals surface area contributed by atoms with Gasteiger partial charge in [-0.2, -0.15) is 5.10 Å². The summed E-state index contributed by atoms with van der Waals surface area (Å²) in [6.07, 6.45) is 1.38.